The highest BCUT2D eigenvalue weighted by Gasteiger charge is 2.31. The molecular formula is C22H27N5O. The van der Waals surface area contributed by atoms with Crippen LogP contribution in [0, 0.1) is 6.92 Å². The number of pyridine rings is 2. The van der Waals surface area contributed by atoms with Crippen molar-refractivity contribution in [1.82, 2.24) is 9.97 Å². The van der Waals surface area contributed by atoms with Gasteiger partial charge in [-0.05, 0) is 50.5 Å². The average Bonchev–Trinajstić information content (AvgIpc) is 3.37. The van der Waals surface area contributed by atoms with E-state index in [0.717, 1.165) is 17.2 Å². The lowest BCUT2D eigenvalue weighted by molar-refractivity contribution is -0.114. The van der Waals surface area contributed by atoms with Crippen molar-refractivity contribution in [2.45, 2.75) is 26.7 Å². The minimum Gasteiger partial charge on any atom is -0.357 e. The number of aryl methyl sites for hydroxylation is 1. The molecule has 2 aromatic heterocycles. The maximum atomic E-state index is 12.1. The van der Waals surface area contributed by atoms with Gasteiger partial charge in [0.2, 0.25) is 0 Å². The zero-order valence-corrected chi connectivity index (χ0v) is 16.8. The first-order valence-corrected chi connectivity index (χ1v) is 9.66. The van der Waals surface area contributed by atoms with E-state index >= 15 is 0 Å². The van der Waals surface area contributed by atoms with E-state index in [2.05, 4.69) is 38.9 Å². The number of nitrogens with zero attached hydrogens (tertiary/aromatic N) is 5. The molecule has 2 saturated heterocycles. The average molecular weight is 377 g/mol. The van der Waals surface area contributed by atoms with Crippen molar-refractivity contribution < 1.29 is 4.79 Å². The Morgan fingerprint density at radius 1 is 1.14 bits per heavy atom. The summed E-state index contributed by atoms with van der Waals surface area (Å²) in [4.78, 5) is 28.6. The molecule has 0 radical (unpaired) electrons. The fourth-order valence-electron chi connectivity index (χ4n) is 3.37. The summed E-state index contributed by atoms with van der Waals surface area (Å²) in [5.74, 6) is 1.13. The molecule has 4 rings (SSSR count). The maximum Gasteiger partial charge on any atom is 0.260 e. The van der Waals surface area contributed by atoms with Crippen LogP contribution in [-0.4, -0.2) is 48.3 Å². The number of hydrogen-bond donors (Lipinski definition) is 0. The molecule has 0 spiro atoms. The molecule has 2 aliphatic heterocycles. The Morgan fingerprint density at radius 3 is 2.46 bits per heavy atom. The van der Waals surface area contributed by atoms with E-state index in [1.807, 2.05) is 25.3 Å². The SMILES string of the molecule is C/C=C1/C(=O)N(c2cccnc2)CC1=NC.Cc1ccc(N2CCCC2)nc1. The molecule has 28 heavy (non-hydrogen) atoms. The number of carbonyl (C=O) groups excluding carboxylic acids is 1. The number of hydrogen-bond acceptors (Lipinski definition) is 5. The number of allylic oxidation sites excluding steroid dienone is 1. The first-order chi connectivity index (χ1) is 13.6. The lowest BCUT2D eigenvalue weighted by atomic mass is 10.2. The van der Waals surface area contributed by atoms with Crippen LogP contribution in [0.15, 0.2) is 59.5 Å². The highest BCUT2D eigenvalue weighted by molar-refractivity contribution is 6.33. The van der Waals surface area contributed by atoms with Gasteiger partial charge in [0, 0.05) is 32.5 Å². The molecule has 1 amide bonds. The lowest BCUT2D eigenvalue weighted by Gasteiger charge is -2.15. The van der Waals surface area contributed by atoms with Crippen molar-refractivity contribution in [1.29, 1.82) is 0 Å². The summed E-state index contributed by atoms with van der Waals surface area (Å²) in [6, 6.07) is 7.93. The number of aliphatic imine (C=N–C) groups is 1. The molecule has 0 saturated carbocycles. The molecule has 0 unspecified atom stereocenters. The molecule has 0 aromatic carbocycles. The fourth-order valence-corrected chi connectivity index (χ4v) is 3.37. The van der Waals surface area contributed by atoms with Crippen LogP contribution in [0.3, 0.4) is 0 Å². The minimum atomic E-state index is -0.00361. The predicted molar refractivity (Wildman–Crippen MR) is 114 cm³/mol. The van der Waals surface area contributed by atoms with E-state index in [9.17, 15) is 4.79 Å². The first kappa shape index (κ1) is 19.7. The Bertz CT molecular complexity index is 852. The van der Waals surface area contributed by atoms with Crippen LogP contribution in [-0.2, 0) is 4.79 Å². The van der Waals surface area contributed by atoms with Gasteiger partial charge in [0.1, 0.15) is 5.82 Å². The molecule has 0 bridgehead atoms. The van der Waals surface area contributed by atoms with Gasteiger partial charge in [-0.15, -0.1) is 0 Å². The van der Waals surface area contributed by atoms with Gasteiger partial charge in [-0.2, -0.15) is 0 Å². The van der Waals surface area contributed by atoms with Crippen LogP contribution in [0.4, 0.5) is 11.5 Å². The van der Waals surface area contributed by atoms with Crippen molar-refractivity contribution in [3.63, 3.8) is 0 Å². The second-order valence-corrected chi connectivity index (χ2v) is 6.86. The van der Waals surface area contributed by atoms with Crippen LogP contribution in [0.25, 0.3) is 0 Å². The Hall–Kier alpha value is -3.02. The molecule has 6 nitrogen and oxygen atoms in total. The lowest BCUT2D eigenvalue weighted by Crippen LogP contribution is -2.24. The van der Waals surface area contributed by atoms with Gasteiger partial charge in [-0.25, -0.2) is 4.98 Å². The normalized spacial score (nSPS) is 19.3. The van der Waals surface area contributed by atoms with Gasteiger partial charge >= 0.3 is 0 Å². The summed E-state index contributed by atoms with van der Waals surface area (Å²) < 4.78 is 0. The van der Waals surface area contributed by atoms with Gasteiger partial charge in [0.05, 0.1) is 29.7 Å². The first-order valence-electron chi connectivity index (χ1n) is 9.66. The third-order valence-corrected chi connectivity index (χ3v) is 4.94. The van der Waals surface area contributed by atoms with E-state index in [1.165, 1.54) is 31.5 Å². The third-order valence-electron chi connectivity index (χ3n) is 4.94. The predicted octanol–water partition coefficient (Wildman–Crippen LogP) is 3.44. The van der Waals surface area contributed by atoms with Crippen molar-refractivity contribution in [3.05, 3.63) is 60.1 Å². The van der Waals surface area contributed by atoms with Crippen LogP contribution >= 0.6 is 0 Å². The standard InChI is InChI=1S/C12H13N3O.C10H14N2/c1-3-10-11(13-2)8-15(12(10)16)9-5-4-6-14-7-9;1-9-4-5-10(11-8-9)12-6-2-3-7-12/h3-7H,8H2,1-2H3;4-5,8H,2-3,6-7H2,1H3/b10-3+,13-11?;. The van der Waals surface area contributed by atoms with E-state index in [1.54, 1.807) is 30.4 Å². The zero-order valence-electron chi connectivity index (χ0n) is 16.8. The summed E-state index contributed by atoms with van der Waals surface area (Å²) in [6.07, 6.45) is 9.75. The van der Waals surface area contributed by atoms with Crippen LogP contribution in [0.2, 0.25) is 0 Å². The second-order valence-electron chi connectivity index (χ2n) is 6.86. The highest BCUT2D eigenvalue weighted by atomic mass is 16.2. The highest BCUT2D eigenvalue weighted by Crippen LogP contribution is 2.22. The molecule has 0 atom stereocenters. The summed E-state index contributed by atoms with van der Waals surface area (Å²) in [5.41, 5.74) is 3.56. The summed E-state index contributed by atoms with van der Waals surface area (Å²) >= 11 is 0. The van der Waals surface area contributed by atoms with Crippen LogP contribution in [0.5, 0.6) is 0 Å². The van der Waals surface area contributed by atoms with Gasteiger partial charge < -0.3 is 9.80 Å². The van der Waals surface area contributed by atoms with E-state index < -0.39 is 0 Å². The van der Waals surface area contributed by atoms with Gasteiger partial charge in [-0.3, -0.25) is 14.8 Å². The molecule has 2 aliphatic rings. The molecule has 6 heteroatoms. The Labute approximate surface area is 166 Å². The Kier molecular flexibility index (Phi) is 6.53. The van der Waals surface area contributed by atoms with Crippen molar-refractivity contribution in [2.75, 3.05) is 36.5 Å². The molecule has 0 N–H and O–H groups in total. The second kappa shape index (κ2) is 9.26. The molecule has 2 fully saturated rings. The quantitative estimate of drug-likeness (QED) is 0.752. The summed E-state index contributed by atoms with van der Waals surface area (Å²) in [7, 11) is 1.71. The van der Waals surface area contributed by atoms with Crippen molar-refractivity contribution >= 4 is 23.1 Å². The topological polar surface area (TPSA) is 61.7 Å². The Morgan fingerprint density at radius 2 is 1.93 bits per heavy atom. The summed E-state index contributed by atoms with van der Waals surface area (Å²) in [5, 5.41) is 0. The minimum absolute atomic E-state index is 0.00361. The molecule has 2 aromatic rings. The van der Waals surface area contributed by atoms with E-state index in [-0.39, 0.29) is 5.91 Å². The molecular weight excluding hydrogens is 350 g/mol. The smallest absolute Gasteiger partial charge is 0.260 e. The maximum absolute atomic E-state index is 12.1. The number of aromatic nitrogens is 2. The monoisotopic (exact) mass is 377 g/mol. The van der Waals surface area contributed by atoms with E-state index in [0.29, 0.717) is 12.1 Å². The fraction of sp³-hybridized carbons (Fsp3) is 0.364. The van der Waals surface area contributed by atoms with Crippen molar-refractivity contribution in [3.8, 4) is 0 Å². The molecule has 0 aliphatic carbocycles. The number of amides is 1. The number of anilines is 2. The van der Waals surface area contributed by atoms with Crippen molar-refractivity contribution in [2.24, 2.45) is 4.99 Å². The largest absolute Gasteiger partial charge is 0.357 e. The molecule has 4 heterocycles. The van der Waals surface area contributed by atoms with Gasteiger partial charge in [-0.1, -0.05) is 12.1 Å². The summed E-state index contributed by atoms with van der Waals surface area (Å²) in [6.45, 7) is 6.80. The van der Waals surface area contributed by atoms with E-state index in [4.69, 9.17) is 0 Å². The van der Waals surface area contributed by atoms with Crippen LogP contribution in [0.1, 0.15) is 25.3 Å². The van der Waals surface area contributed by atoms with Gasteiger partial charge in [0.25, 0.3) is 5.91 Å². The Balaban J connectivity index is 0.000000167. The van der Waals surface area contributed by atoms with Gasteiger partial charge in [0.15, 0.2) is 0 Å². The zero-order chi connectivity index (χ0) is 19.9. The number of carbonyl (C=O) groups is 1. The third kappa shape index (κ3) is 4.44. The molecule has 146 valence electrons. The van der Waals surface area contributed by atoms with Crippen LogP contribution < -0.4 is 9.80 Å². The number of rotatable bonds is 2.